The monoisotopic (exact) mass is 288 g/mol. The molecule has 0 saturated carbocycles. The smallest absolute Gasteiger partial charge is 0.304 e. The van der Waals surface area contributed by atoms with Crippen molar-refractivity contribution in [3.63, 3.8) is 0 Å². The largest absolute Gasteiger partial charge is 0.481 e. The van der Waals surface area contributed by atoms with E-state index in [0.29, 0.717) is 6.54 Å². The lowest BCUT2D eigenvalue weighted by Gasteiger charge is -2.25. The molecular formula is C15H20N4O2. The van der Waals surface area contributed by atoms with Crippen LogP contribution in [0.1, 0.15) is 26.0 Å². The molecule has 0 fully saturated rings. The van der Waals surface area contributed by atoms with Gasteiger partial charge in [0.2, 0.25) is 0 Å². The van der Waals surface area contributed by atoms with Crippen LogP contribution in [-0.4, -0.2) is 43.6 Å². The third-order valence-electron chi connectivity index (χ3n) is 3.39. The van der Waals surface area contributed by atoms with Crippen LogP contribution in [0, 0.1) is 0 Å². The van der Waals surface area contributed by atoms with Crippen LogP contribution in [0.5, 0.6) is 0 Å². The van der Waals surface area contributed by atoms with Gasteiger partial charge in [-0.2, -0.15) is 15.0 Å². The van der Waals surface area contributed by atoms with Crippen molar-refractivity contribution in [3.05, 3.63) is 42.2 Å². The minimum absolute atomic E-state index is 0.0330. The predicted octanol–water partition coefficient (Wildman–Crippen LogP) is 1.95. The van der Waals surface area contributed by atoms with Gasteiger partial charge in [-0.15, -0.1) is 0 Å². The van der Waals surface area contributed by atoms with Gasteiger partial charge in [0.05, 0.1) is 24.0 Å². The van der Waals surface area contributed by atoms with E-state index in [0.717, 1.165) is 17.9 Å². The molecule has 0 aliphatic carbocycles. The molecule has 1 aromatic carbocycles. The summed E-state index contributed by atoms with van der Waals surface area (Å²) >= 11 is 0. The van der Waals surface area contributed by atoms with Gasteiger partial charge in [-0.1, -0.05) is 25.1 Å². The number of carboxylic acids is 1. The number of rotatable bonds is 7. The molecular weight excluding hydrogens is 268 g/mol. The van der Waals surface area contributed by atoms with Crippen molar-refractivity contribution in [2.75, 3.05) is 6.54 Å². The molecule has 1 unspecified atom stereocenters. The number of nitrogens with zero attached hydrogens (tertiary/aromatic N) is 4. The number of carboxylic acid groups (broad SMARTS) is 1. The Balaban J connectivity index is 2.05. The summed E-state index contributed by atoms with van der Waals surface area (Å²) in [5, 5.41) is 17.6. The average Bonchev–Trinajstić information content (AvgIpc) is 2.93. The highest BCUT2D eigenvalue weighted by molar-refractivity contribution is 5.67. The molecule has 1 N–H and O–H groups in total. The molecule has 1 heterocycles. The summed E-state index contributed by atoms with van der Waals surface area (Å²) in [6.45, 7) is 5.30. The van der Waals surface area contributed by atoms with Crippen molar-refractivity contribution in [2.45, 2.75) is 32.9 Å². The van der Waals surface area contributed by atoms with Crippen LogP contribution in [0.15, 0.2) is 36.5 Å². The molecule has 0 spiro atoms. The molecule has 0 bridgehead atoms. The fourth-order valence-corrected chi connectivity index (χ4v) is 2.22. The topological polar surface area (TPSA) is 71.2 Å². The molecule has 6 heteroatoms. The van der Waals surface area contributed by atoms with Gasteiger partial charge in [0, 0.05) is 12.6 Å². The van der Waals surface area contributed by atoms with E-state index in [9.17, 15) is 4.79 Å². The summed E-state index contributed by atoms with van der Waals surface area (Å²) in [4.78, 5) is 14.5. The van der Waals surface area contributed by atoms with Crippen molar-refractivity contribution in [1.29, 1.82) is 0 Å². The SMILES string of the molecule is CCN(Cc1cnn(-c2ccccc2)n1)C(C)CC(=O)O. The summed E-state index contributed by atoms with van der Waals surface area (Å²) in [5.74, 6) is -0.783. The third-order valence-corrected chi connectivity index (χ3v) is 3.39. The van der Waals surface area contributed by atoms with E-state index in [1.54, 1.807) is 11.0 Å². The van der Waals surface area contributed by atoms with Crippen molar-refractivity contribution < 1.29 is 9.90 Å². The molecule has 2 aromatic rings. The van der Waals surface area contributed by atoms with Crippen molar-refractivity contribution in [3.8, 4) is 5.69 Å². The van der Waals surface area contributed by atoms with Crippen LogP contribution in [-0.2, 0) is 11.3 Å². The van der Waals surface area contributed by atoms with Crippen molar-refractivity contribution in [2.24, 2.45) is 0 Å². The van der Waals surface area contributed by atoms with Crippen LogP contribution in [0.4, 0.5) is 0 Å². The van der Waals surface area contributed by atoms with Crippen LogP contribution < -0.4 is 0 Å². The minimum Gasteiger partial charge on any atom is -0.481 e. The molecule has 1 aromatic heterocycles. The van der Waals surface area contributed by atoms with Gasteiger partial charge >= 0.3 is 5.97 Å². The highest BCUT2D eigenvalue weighted by Gasteiger charge is 2.17. The Bertz CT molecular complexity index is 582. The first-order chi connectivity index (χ1) is 10.1. The van der Waals surface area contributed by atoms with E-state index in [2.05, 4.69) is 15.1 Å². The molecule has 0 aliphatic heterocycles. The van der Waals surface area contributed by atoms with E-state index in [4.69, 9.17) is 5.11 Å². The molecule has 0 radical (unpaired) electrons. The maximum absolute atomic E-state index is 10.8. The fourth-order valence-electron chi connectivity index (χ4n) is 2.22. The Morgan fingerprint density at radius 1 is 1.38 bits per heavy atom. The quantitative estimate of drug-likeness (QED) is 0.843. The van der Waals surface area contributed by atoms with Crippen LogP contribution >= 0.6 is 0 Å². The maximum atomic E-state index is 10.8. The standard InChI is InChI=1S/C15H20N4O2/c1-3-18(12(2)9-15(20)21)11-13-10-16-19(17-13)14-7-5-4-6-8-14/h4-8,10,12H,3,9,11H2,1-2H3,(H,20,21). The first kappa shape index (κ1) is 15.2. The van der Waals surface area contributed by atoms with Crippen LogP contribution in [0.3, 0.4) is 0 Å². The van der Waals surface area contributed by atoms with Gasteiger partial charge in [0.1, 0.15) is 0 Å². The normalized spacial score (nSPS) is 12.5. The molecule has 0 saturated heterocycles. The first-order valence-corrected chi connectivity index (χ1v) is 7.02. The Morgan fingerprint density at radius 3 is 2.71 bits per heavy atom. The number of para-hydroxylation sites is 1. The van der Waals surface area contributed by atoms with Gasteiger partial charge in [-0.3, -0.25) is 9.69 Å². The van der Waals surface area contributed by atoms with E-state index < -0.39 is 5.97 Å². The molecule has 21 heavy (non-hydrogen) atoms. The molecule has 0 aliphatic rings. The highest BCUT2D eigenvalue weighted by atomic mass is 16.4. The summed E-state index contributed by atoms with van der Waals surface area (Å²) < 4.78 is 0. The molecule has 0 amide bonds. The van der Waals surface area contributed by atoms with Gasteiger partial charge in [0.25, 0.3) is 0 Å². The van der Waals surface area contributed by atoms with Gasteiger partial charge in [0.15, 0.2) is 0 Å². The number of aliphatic carboxylic acids is 1. The number of hydrogen-bond donors (Lipinski definition) is 1. The highest BCUT2D eigenvalue weighted by Crippen LogP contribution is 2.10. The summed E-state index contributed by atoms with van der Waals surface area (Å²) in [7, 11) is 0. The number of aromatic nitrogens is 3. The van der Waals surface area contributed by atoms with Gasteiger partial charge < -0.3 is 5.11 Å². The van der Waals surface area contributed by atoms with E-state index in [1.165, 1.54) is 0 Å². The molecule has 6 nitrogen and oxygen atoms in total. The number of benzene rings is 1. The average molecular weight is 288 g/mol. The second kappa shape index (κ2) is 6.99. The number of carbonyl (C=O) groups is 1. The lowest BCUT2D eigenvalue weighted by molar-refractivity contribution is -0.138. The summed E-state index contributed by atoms with van der Waals surface area (Å²) in [6, 6.07) is 9.66. The molecule has 2 rings (SSSR count). The van der Waals surface area contributed by atoms with Gasteiger partial charge in [-0.05, 0) is 25.6 Å². The maximum Gasteiger partial charge on any atom is 0.304 e. The van der Waals surface area contributed by atoms with Crippen molar-refractivity contribution >= 4 is 5.97 Å². The second-order valence-electron chi connectivity index (χ2n) is 4.97. The molecule has 112 valence electrons. The Kier molecular flexibility index (Phi) is 5.05. The lowest BCUT2D eigenvalue weighted by atomic mass is 10.2. The van der Waals surface area contributed by atoms with Gasteiger partial charge in [-0.25, -0.2) is 0 Å². The molecule has 1 atom stereocenters. The fraction of sp³-hybridized carbons (Fsp3) is 0.400. The van der Waals surface area contributed by atoms with Crippen LogP contribution in [0.25, 0.3) is 5.69 Å². The first-order valence-electron chi connectivity index (χ1n) is 7.02. The summed E-state index contributed by atoms with van der Waals surface area (Å²) in [6.07, 6.45) is 1.85. The zero-order valence-electron chi connectivity index (χ0n) is 12.3. The van der Waals surface area contributed by atoms with E-state index >= 15 is 0 Å². The third kappa shape index (κ3) is 4.13. The lowest BCUT2D eigenvalue weighted by Crippen LogP contribution is -2.34. The van der Waals surface area contributed by atoms with E-state index in [-0.39, 0.29) is 12.5 Å². The Hall–Kier alpha value is -2.21. The zero-order chi connectivity index (χ0) is 15.2. The number of hydrogen-bond acceptors (Lipinski definition) is 4. The van der Waals surface area contributed by atoms with Crippen LogP contribution in [0.2, 0.25) is 0 Å². The van der Waals surface area contributed by atoms with Crippen molar-refractivity contribution in [1.82, 2.24) is 19.9 Å². The predicted molar refractivity (Wildman–Crippen MR) is 79.2 cm³/mol. The minimum atomic E-state index is -0.783. The Morgan fingerprint density at radius 2 is 2.10 bits per heavy atom. The second-order valence-corrected chi connectivity index (χ2v) is 4.97. The summed E-state index contributed by atoms with van der Waals surface area (Å²) in [5.41, 5.74) is 1.74. The Labute approximate surface area is 124 Å². The van der Waals surface area contributed by atoms with E-state index in [1.807, 2.05) is 44.2 Å². The zero-order valence-corrected chi connectivity index (χ0v) is 12.3.